The van der Waals surface area contributed by atoms with Gasteiger partial charge in [-0.05, 0) is 57.1 Å². The van der Waals surface area contributed by atoms with E-state index in [0.717, 1.165) is 22.9 Å². The Hall–Kier alpha value is -2.70. The number of aromatic nitrogens is 3. The van der Waals surface area contributed by atoms with Crippen LogP contribution in [0.25, 0.3) is 11.3 Å². The van der Waals surface area contributed by atoms with E-state index in [1.165, 1.54) is 25.7 Å². The van der Waals surface area contributed by atoms with E-state index >= 15 is 0 Å². The normalized spacial score (nSPS) is 26.9. The van der Waals surface area contributed by atoms with Crippen molar-refractivity contribution in [3.8, 4) is 22.9 Å². The number of carbonyl (C=O) groups excluding carboxylic acids is 1. The molecule has 2 aliphatic rings. The number of esters is 1. The van der Waals surface area contributed by atoms with E-state index in [0.29, 0.717) is 37.2 Å². The third-order valence-corrected chi connectivity index (χ3v) is 6.94. The number of carbonyl (C=O) groups is 1. The number of nitrogens with zero attached hydrogens (tertiary/aromatic N) is 3. The van der Waals surface area contributed by atoms with Crippen LogP contribution >= 0.6 is 0 Å². The zero-order chi connectivity index (χ0) is 22.7. The maximum Gasteiger partial charge on any atom is 0.312 e. The van der Waals surface area contributed by atoms with Crippen LogP contribution < -0.4 is 9.47 Å². The summed E-state index contributed by atoms with van der Waals surface area (Å²) in [6.07, 6.45) is 7.33. The molecule has 32 heavy (non-hydrogen) atoms. The van der Waals surface area contributed by atoms with Gasteiger partial charge in [-0.3, -0.25) is 4.79 Å². The van der Waals surface area contributed by atoms with Crippen LogP contribution in [-0.2, 0) is 9.53 Å². The summed E-state index contributed by atoms with van der Waals surface area (Å²) in [5, 5.41) is 8.28. The zero-order valence-corrected chi connectivity index (χ0v) is 19.5. The van der Waals surface area contributed by atoms with Gasteiger partial charge >= 0.3 is 5.97 Å². The Bertz CT molecular complexity index is 958. The van der Waals surface area contributed by atoms with Gasteiger partial charge in [0.25, 0.3) is 0 Å². The molecule has 0 aromatic carbocycles. The fourth-order valence-corrected chi connectivity index (χ4v) is 4.59. The van der Waals surface area contributed by atoms with Gasteiger partial charge in [0, 0.05) is 17.5 Å². The molecule has 7 heteroatoms. The molecule has 0 unspecified atom stereocenters. The summed E-state index contributed by atoms with van der Waals surface area (Å²) < 4.78 is 16.8. The third kappa shape index (κ3) is 4.71. The van der Waals surface area contributed by atoms with Crippen LogP contribution in [0.4, 0.5) is 0 Å². The molecular weight excluding hydrogens is 406 g/mol. The predicted octanol–water partition coefficient (Wildman–Crippen LogP) is 4.81. The Morgan fingerprint density at radius 3 is 2.72 bits per heavy atom. The minimum absolute atomic E-state index is 0.0318. The smallest absolute Gasteiger partial charge is 0.312 e. The average Bonchev–Trinajstić information content (AvgIpc) is 3.51. The molecule has 2 heterocycles. The molecule has 2 fully saturated rings. The quantitative estimate of drug-likeness (QED) is 0.546. The summed E-state index contributed by atoms with van der Waals surface area (Å²) in [7, 11) is 1.62. The molecule has 172 valence electrons. The van der Waals surface area contributed by atoms with Gasteiger partial charge < -0.3 is 14.2 Å². The monoisotopic (exact) mass is 439 g/mol. The number of pyridine rings is 1. The number of rotatable bonds is 8. The first-order valence-electron chi connectivity index (χ1n) is 11.6. The van der Waals surface area contributed by atoms with Gasteiger partial charge in [-0.15, -0.1) is 5.10 Å². The van der Waals surface area contributed by atoms with Crippen LogP contribution in [0.1, 0.15) is 64.5 Å². The zero-order valence-electron chi connectivity index (χ0n) is 19.5. The molecule has 2 aromatic rings. The number of hydrogen-bond acceptors (Lipinski definition) is 7. The topological polar surface area (TPSA) is 83.4 Å². The van der Waals surface area contributed by atoms with Crippen LogP contribution in [0.5, 0.6) is 11.6 Å². The summed E-state index contributed by atoms with van der Waals surface area (Å²) in [6.45, 7) is 7.11. The molecule has 0 N–H and O–H groups in total. The van der Waals surface area contributed by atoms with Crippen molar-refractivity contribution in [2.75, 3.05) is 20.3 Å². The molecule has 0 aliphatic heterocycles. The van der Waals surface area contributed by atoms with Gasteiger partial charge in [0.2, 0.25) is 5.88 Å². The summed E-state index contributed by atoms with van der Waals surface area (Å²) in [6, 6.07) is 5.68. The summed E-state index contributed by atoms with van der Waals surface area (Å²) in [5.74, 6) is 2.38. The van der Waals surface area contributed by atoms with Gasteiger partial charge in [-0.25, -0.2) is 4.98 Å². The minimum Gasteiger partial charge on any atom is -0.495 e. The van der Waals surface area contributed by atoms with Gasteiger partial charge in [-0.1, -0.05) is 19.8 Å². The van der Waals surface area contributed by atoms with Crippen LogP contribution in [0.3, 0.4) is 0 Å². The highest BCUT2D eigenvalue weighted by Gasteiger charge is 2.59. The van der Waals surface area contributed by atoms with Gasteiger partial charge in [-0.2, -0.15) is 5.10 Å². The molecule has 0 saturated heterocycles. The van der Waals surface area contributed by atoms with Crippen molar-refractivity contribution >= 4 is 5.97 Å². The lowest BCUT2D eigenvalue weighted by Gasteiger charge is -2.25. The van der Waals surface area contributed by atoms with Gasteiger partial charge in [0.1, 0.15) is 5.75 Å². The van der Waals surface area contributed by atoms with E-state index in [-0.39, 0.29) is 11.9 Å². The summed E-state index contributed by atoms with van der Waals surface area (Å²) in [5.41, 5.74) is 1.80. The van der Waals surface area contributed by atoms with Crippen molar-refractivity contribution in [1.82, 2.24) is 15.2 Å². The minimum atomic E-state index is -0.558. The lowest BCUT2D eigenvalue weighted by atomic mass is 9.83. The Morgan fingerprint density at radius 2 is 2.00 bits per heavy atom. The van der Waals surface area contributed by atoms with Gasteiger partial charge in [0.05, 0.1) is 43.3 Å². The van der Waals surface area contributed by atoms with Crippen LogP contribution in [0.2, 0.25) is 0 Å². The fraction of sp³-hybridized carbons (Fsp3) is 0.600. The Labute approximate surface area is 189 Å². The van der Waals surface area contributed by atoms with Crippen LogP contribution in [0, 0.1) is 17.3 Å². The Balaban J connectivity index is 1.50. The molecule has 0 bridgehead atoms. The van der Waals surface area contributed by atoms with Gasteiger partial charge in [0.15, 0.2) is 0 Å². The molecule has 2 atom stereocenters. The third-order valence-electron chi connectivity index (χ3n) is 6.94. The molecule has 7 nitrogen and oxygen atoms in total. The lowest BCUT2D eigenvalue weighted by Crippen LogP contribution is -2.19. The van der Waals surface area contributed by atoms with Crippen molar-refractivity contribution < 1.29 is 19.0 Å². The van der Waals surface area contributed by atoms with Crippen molar-refractivity contribution in [2.45, 2.75) is 58.8 Å². The van der Waals surface area contributed by atoms with E-state index in [4.69, 9.17) is 19.2 Å². The lowest BCUT2D eigenvalue weighted by molar-refractivity contribution is -0.149. The van der Waals surface area contributed by atoms with Crippen LogP contribution in [0.15, 0.2) is 24.4 Å². The Morgan fingerprint density at radius 1 is 1.22 bits per heavy atom. The maximum atomic E-state index is 12.4. The molecule has 2 saturated carbocycles. The molecule has 2 aromatic heterocycles. The SMILES string of the molecule is CCOC(=O)[C@@]1(C)C[C@@H]1c1nc(-c2cnnc(OC[C@H]3CC[C@H](C)CC3)c2)ccc1OC. The van der Waals surface area contributed by atoms with Crippen molar-refractivity contribution in [2.24, 2.45) is 17.3 Å². The highest BCUT2D eigenvalue weighted by Crippen LogP contribution is 2.61. The molecular formula is C25H33N3O4. The Kier molecular flexibility index (Phi) is 6.63. The van der Waals surface area contributed by atoms with E-state index in [1.54, 1.807) is 13.3 Å². The molecule has 4 rings (SSSR count). The van der Waals surface area contributed by atoms with E-state index < -0.39 is 5.41 Å². The van der Waals surface area contributed by atoms with E-state index in [2.05, 4.69) is 17.1 Å². The first kappa shape index (κ1) is 22.5. The second kappa shape index (κ2) is 9.43. The second-order valence-corrected chi connectivity index (χ2v) is 9.40. The second-order valence-electron chi connectivity index (χ2n) is 9.40. The first-order chi connectivity index (χ1) is 15.4. The highest BCUT2D eigenvalue weighted by atomic mass is 16.5. The van der Waals surface area contributed by atoms with Crippen molar-refractivity contribution in [3.05, 3.63) is 30.1 Å². The van der Waals surface area contributed by atoms with E-state index in [9.17, 15) is 4.79 Å². The van der Waals surface area contributed by atoms with Crippen molar-refractivity contribution in [3.63, 3.8) is 0 Å². The first-order valence-corrected chi connectivity index (χ1v) is 11.6. The summed E-state index contributed by atoms with van der Waals surface area (Å²) in [4.78, 5) is 17.3. The molecule has 0 amide bonds. The number of hydrogen-bond donors (Lipinski definition) is 0. The van der Waals surface area contributed by atoms with Crippen LogP contribution in [-0.4, -0.2) is 41.5 Å². The maximum absolute atomic E-state index is 12.4. The summed E-state index contributed by atoms with van der Waals surface area (Å²) >= 11 is 0. The standard InChI is InChI=1S/C25H33N3O4/c1-5-31-24(29)25(3)13-19(25)23-21(30-4)11-10-20(27-23)18-12-22(28-26-14-18)32-15-17-8-6-16(2)7-9-17/h10-12,14,16-17,19H,5-9,13,15H2,1-4H3/t16-,17-,19-,25+/m1/s1. The molecule has 0 spiro atoms. The van der Waals surface area contributed by atoms with Crippen molar-refractivity contribution in [1.29, 1.82) is 0 Å². The highest BCUT2D eigenvalue weighted by molar-refractivity contribution is 5.82. The largest absolute Gasteiger partial charge is 0.495 e. The molecule has 0 radical (unpaired) electrons. The average molecular weight is 440 g/mol. The molecule has 2 aliphatic carbocycles. The van der Waals surface area contributed by atoms with E-state index in [1.807, 2.05) is 32.0 Å². The number of ether oxygens (including phenoxy) is 3. The fourth-order valence-electron chi connectivity index (χ4n) is 4.59. The number of methoxy groups -OCH3 is 1. The predicted molar refractivity (Wildman–Crippen MR) is 121 cm³/mol.